The number of hydrogen-bond donors (Lipinski definition) is 1. The molecule has 0 saturated carbocycles. The van der Waals surface area contributed by atoms with Gasteiger partial charge in [-0.2, -0.15) is 0 Å². The standard InChI is InChI=1S/C11H14FNO2/c1-8(7-15-2)13-11(14)9-4-3-5-10(12)6-9/h3-6,8H,7H2,1-2H3,(H,13,14)/t8-/m0/s1. The van der Waals surface area contributed by atoms with Gasteiger partial charge in [-0.05, 0) is 25.1 Å². The van der Waals surface area contributed by atoms with Gasteiger partial charge in [-0.1, -0.05) is 6.07 Å². The average Bonchev–Trinajstić information content (AvgIpc) is 2.18. The minimum absolute atomic E-state index is 0.0919. The number of carbonyl (C=O) groups excluding carboxylic acids is 1. The van der Waals surface area contributed by atoms with Crippen molar-refractivity contribution in [3.63, 3.8) is 0 Å². The number of benzene rings is 1. The van der Waals surface area contributed by atoms with Crippen molar-refractivity contribution < 1.29 is 13.9 Å². The lowest BCUT2D eigenvalue weighted by atomic mass is 10.2. The van der Waals surface area contributed by atoms with E-state index in [0.29, 0.717) is 12.2 Å². The monoisotopic (exact) mass is 211 g/mol. The van der Waals surface area contributed by atoms with Crippen molar-refractivity contribution in [3.05, 3.63) is 35.6 Å². The van der Waals surface area contributed by atoms with Crippen LogP contribution in [0, 0.1) is 5.82 Å². The van der Waals surface area contributed by atoms with Crippen molar-refractivity contribution in [1.29, 1.82) is 0 Å². The predicted octanol–water partition coefficient (Wildman–Crippen LogP) is 1.59. The maximum Gasteiger partial charge on any atom is 0.251 e. The summed E-state index contributed by atoms with van der Waals surface area (Å²) in [5.41, 5.74) is 0.318. The Kier molecular flexibility index (Phi) is 4.24. The third-order valence-electron chi connectivity index (χ3n) is 1.88. The van der Waals surface area contributed by atoms with Crippen LogP contribution in [0.3, 0.4) is 0 Å². The number of rotatable bonds is 4. The molecule has 0 saturated heterocycles. The van der Waals surface area contributed by atoms with Crippen LogP contribution >= 0.6 is 0 Å². The summed E-state index contributed by atoms with van der Waals surface area (Å²) >= 11 is 0. The lowest BCUT2D eigenvalue weighted by Crippen LogP contribution is -2.35. The molecule has 1 N–H and O–H groups in total. The van der Waals surface area contributed by atoms with Gasteiger partial charge in [-0.15, -0.1) is 0 Å². The van der Waals surface area contributed by atoms with Crippen LogP contribution in [0.1, 0.15) is 17.3 Å². The van der Waals surface area contributed by atoms with Gasteiger partial charge in [0.2, 0.25) is 0 Å². The van der Waals surface area contributed by atoms with Gasteiger partial charge in [0.15, 0.2) is 0 Å². The van der Waals surface area contributed by atoms with Crippen LogP contribution in [0.25, 0.3) is 0 Å². The van der Waals surface area contributed by atoms with Gasteiger partial charge in [0.1, 0.15) is 5.82 Å². The maximum absolute atomic E-state index is 12.8. The second-order valence-electron chi connectivity index (χ2n) is 3.34. The number of ether oxygens (including phenoxy) is 1. The third-order valence-corrected chi connectivity index (χ3v) is 1.88. The minimum atomic E-state index is -0.415. The zero-order chi connectivity index (χ0) is 11.3. The van der Waals surface area contributed by atoms with E-state index in [1.165, 1.54) is 18.2 Å². The van der Waals surface area contributed by atoms with Crippen LogP contribution in [0.15, 0.2) is 24.3 Å². The van der Waals surface area contributed by atoms with E-state index in [-0.39, 0.29) is 11.9 Å². The zero-order valence-electron chi connectivity index (χ0n) is 8.79. The average molecular weight is 211 g/mol. The molecular formula is C11H14FNO2. The molecule has 0 fully saturated rings. The molecule has 0 spiro atoms. The third kappa shape index (κ3) is 3.67. The first-order valence-corrected chi connectivity index (χ1v) is 4.69. The fourth-order valence-electron chi connectivity index (χ4n) is 1.23. The summed E-state index contributed by atoms with van der Waals surface area (Å²) in [6.07, 6.45) is 0. The van der Waals surface area contributed by atoms with Crippen LogP contribution in [0.5, 0.6) is 0 Å². The van der Waals surface area contributed by atoms with Crippen molar-refractivity contribution in [2.45, 2.75) is 13.0 Å². The molecule has 0 aliphatic rings. The summed E-state index contributed by atoms with van der Waals surface area (Å²) in [5, 5.41) is 2.69. The lowest BCUT2D eigenvalue weighted by molar-refractivity contribution is 0.0905. The van der Waals surface area contributed by atoms with Gasteiger partial charge in [0.05, 0.1) is 6.61 Å². The van der Waals surface area contributed by atoms with Gasteiger partial charge < -0.3 is 10.1 Å². The molecule has 0 aromatic heterocycles. The highest BCUT2D eigenvalue weighted by atomic mass is 19.1. The van der Waals surface area contributed by atoms with Crippen LogP contribution in [0.2, 0.25) is 0 Å². The zero-order valence-corrected chi connectivity index (χ0v) is 8.79. The highest BCUT2D eigenvalue weighted by Crippen LogP contribution is 2.03. The summed E-state index contributed by atoms with van der Waals surface area (Å²) < 4.78 is 17.7. The van der Waals surface area contributed by atoms with Gasteiger partial charge in [-0.3, -0.25) is 4.79 Å². The van der Waals surface area contributed by atoms with Crippen molar-refractivity contribution in [2.24, 2.45) is 0 Å². The molecule has 0 heterocycles. The molecule has 1 aromatic rings. The summed E-state index contributed by atoms with van der Waals surface area (Å²) in [6.45, 7) is 2.25. The number of halogens is 1. The summed E-state index contributed by atoms with van der Waals surface area (Å²) in [4.78, 5) is 11.5. The Morgan fingerprint density at radius 2 is 2.33 bits per heavy atom. The van der Waals surface area contributed by atoms with Gasteiger partial charge in [0, 0.05) is 18.7 Å². The first-order valence-electron chi connectivity index (χ1n) is 4.69. The predicted molar refractivity (Wildman–Crippen MR) is 55.2 cm³/mol. The number of amides is 1. The summed E-state index contributed by atoms with van der Waals surface area (Å²) in [7, 11) is 1.56. The van der Waals surface area contributed by atoms with Crippen LogP contribution in [-0.4, -0.2) is 25.7 Å². The fourth-order valence-corrected chi connectivity index (χ4v) is 1.23. The van der Waals surface area contributed by atoms with E-state index in [9.17, 15) is 9.18 Å². The Labute approximate surface area is 88.2 Å². The molecular weight excluding hydrogens is 197 g/mol. The number of hydrogen-bond acceptors (Lipinski definition) is 2. The Morgan fingerprint density at radius 1 is 1.60 bits per heavy atom. The molecule has 3 nitrogen and oxygen atoms in total. The van der Waals surface area contributed by atoms with E-state index in [2.05, 4.69) is 5.32 Å². The Bertz CT molecular complexity index is 341. The second-order valence-corrected chi connectivity index (χ2v) is 3.34. The Balaban J connectivity index is 2.61. The van der Waals surface area contributed by atoms with Crippen molar-refractivity contribution in [1.82, 2.24) is 5.32 Å². The molecule has 4 heteroatoms. The van der Waals surface area contributed by atoms with Crippen LogP contribution in [0.4, 0.5) is 4.39 Å². The Morgan fingerprint density at radius 3 is 2.93 bits per heavy atom. The van der Waals surface area contributed by atoms with Crippen LogP contribution in [-0.2, 0) is 4.74 Å². The Hall–Kier alpha value is -1.42. The lowest BCUT2D eigenvalue weighted by Gasteiger charge is -2.12. The molecule has 15 heavy (non-hydrogen) atoms. The highest BCUT2D eigenvalue weighted by molar-refractivity contribution is 5.94. The van der Waals surface area contributed by atoms with E-state index in [1.807, 2.05) is 6.92 Å². The quantitative estimate of drug-likeness (QED) is 0.821. The van der Waals surface area contributed by atoms with E-state index < -0.39 is 5.82 Å². The van der Waals surface area contributed by atoms with Gasteiger partial charge in [-0.25, -0.2) is 4.39 Å². The van der Waals surface area contributed by atoms with E-state index >= 15 is 0 Å². The van der Waals surface area contributed by atoms with Crippen LogP contribution < -0.4 is 5.32 Å². The molecule has 1 aromatic carbocycles. The summed E-state index contributed by atoms with van der Waals surface area (Å²) in [6, 6.07) is 5.48. The SMILES string of the molecule is COC[C@H](C)NC(=O)c1cccc(F)c1. The van der Waals surface area contributed by atoms with E-state index in [0.717, 1.165) is 0 Å². The minimum Gasteiger partial charge on any atom is -0.383 e. The van der Waals surface area contributed by atoms with Crippen molar-refractivity contribution >= 4 is 5.91 Å². The van der Waals surface area contributed by atoms with Crippen molar-refractivity contribution in [2.75, 3.05) is 13.7 Å². The molecule has 1 rings (SSSR count). The molecule has 0 aliphatic carbocycles. The molecule has 0 aliphatic heterocycles. The largest absolute Gasteiger partial charge is 0.383 e. The smallest absolute Gasteiger partial charge is 0.251 e. The first-order chi connectivity index (χ1) is 7.13. The van der Waals surface area contributed by atoms with Gasteiger partial charge in [0.25, 0.3) is 5.91 Å². The number of carbonyl (C=O) groups is 1. The fraction of sp³-hybridized carbons (Fsp3) is 0.364. The normalized spacial score (nSPS) is 12.2. The number of nitrogens with one attached hydrogen (secondary N) is 1. The van der Waals surface area contributed by atoms with Crippen molar-refractivity contribution in [3.8, 4) is 0 Å². The maximum atomic E-state index is 12.8. The first kappa shape index (κ1) is 11.7. The van der Waals surface area contributed by atoms with E-state index in [4.69, 9.17) is 4.74 Å². The van der Waals surface area contributed by atoms with Gasteiger partial charge >= 0.3 is 0 Å². The molecule has 82 valence electrons. The molecule has 1 atom stereocenters. The molecule has 1 amide bonds. The topological polar surface area (TPSA) is 38.3 Å². The molecule has 0 unspecified atom stereocenters. The highest BCUT2D eigenvalue weighted by Gasteiger charge is 2.09. The number of methoxy groups -OCH3 is 1. The molecule has 0 bridgehead atoms. The summed E-state index contributed by atoms with van der Waals surface area (Å²) in [5.74, 6) is -0.707. The molecule has 0 radical (unpaired) electrons. The van der Waals surface area contributed by atoms with E-state index in [1.54, 1.807) is 13.2 Å². The second kappa shape index (κ2) is 5.46.